The average Bonchev–Trinajstić information content (AvgIpc) is 3.13. The maximum absolute atomic E-state index is 5.71. The van der Waals surface area contributed by atoms with Crippen molar-refractivity contribution in [3.63, 3.8) is 0 Å². The van der Waals surface area contributed by atoms with Crippen LogP contribution in [0, 0.1) is 0 Å². The molecule has 28 heavy (non-hydrogen) atoms. The number of unbranched alkanes of at least 4 members (excludes halogenated alkanes) is 1. The van der Waals surface area contributed by atoms with E-state index in [4.69, 9.17) is 4.74 Å². The van der Waals surface area contributed by atoms with Crippen LogP contribution in [0.1, 0.15) is 70.4 Å². The minimum absolute atomic E-state index is 0.522. The predicted octanol–water partition coefficient (Wildman–Crippen LogP) is 7.17. The summed E-state index contributed by atoms with van der Waals surface area (Å²) >= 11 is 0. The van der Waals surface area contributed by atoms with Crippen LogP contribution in [0.15, 0.2) is 66.1 Å². The summed E-state index contributed by atoms with van der Waals surface area (Å²) in [5.41, 5.74) is 7.92. The van der Waals surface area contributed by atoms with Crippen LogP contribution in [0.2, 0.25) is 0 Å². The Hall–Kier alpha value is -2.44. The average molecular weight is 380 g/mol. The van der Waals surface area contributed by atoms with Crippen LogP contribution >= 0.6 is 0 Å². The molecule has 2 nitrogen and oxygen atoms in total. The van der Waals surface area contributed by atoms with Crippen LogP contribution in [-0.2, 0) is 0 Å². The molecule has 1 aromatic rings. The van der Waals surface area contributed by atoms with Gasteiger partial charge in [0.05, 0.1) is 6.61 Å². The lowest BCUT2D eigenvalue weighted by atomic mass is 9.99. The maximum Gasteiger partial charge on any atom is 0.123 e. The molecule has 1 N–H and O–H groups in total. The van der Waals surface area contributed by atoms with Gasteiger partial charge in [0.15, 0.2) is 0 Å². The second-order valence-corrected chi connectivity index (χ2v) is 6.72. The van der Waals surface area contributed by atoms with Crippen molar-refractivity contribution < 1.29 is 4.74 Å². The van der Waals surface area contributed by atoms with Gasteiger partial charge in [-0.2, -0.15) is 0 Å². The Morgan fingerprint density at radius 1 is 1.21 bits per heavy atom. The van der Waals surface area contributed by atoms with E-state index in [2.05, 4.69) is 74.0 Å². The number of hydrogen-bond donors (Lipinski definition) is 1. The molecule has 0 fully saturated rings. The molecular formula is C26H37NO. The van der Waals surface area contributed by atoms with Gasteiger partial charge < -0.3 is 10.1 Å². The number of allylic oxidation sites excluding steroid dienone is 6. The number of fused-ring (bicyclic) bond motifs is 1. The van der Waals surface area contributed by atoms with Crippen LogP contribution in [0.25, 0.3) is 6.08 Å². The van der Waals surface area contributed by atoms with Crippen molar-refractivity contribution >= 4 is 6.08 Å². The second-order valence-electron chi connectivity index (χ2n) is 6.72. The van der Waals surface area contributed by atoms with Crippen LogP contribution in [0.4, 0.5) is 0 Å². The molecule has 152 valence electrons. The highest BCUT2D eigenvalue weighted by atomic mass is 16.5. The molecule has 0 amide bonds. The summed E-state index contributed by atoms with van der Waals surface area (Å²) in [6.07, 6.45) is 15.2. The third kappa shape index (κ3) is 7.66. The first-order chi connectivity index (χ1) is 13.7. The Bertz CT molecular complexity index is 733. The van der Waals surface area contributed by atoms with E-state index in [1.807, 2.05) is 27.0 Å². The molecule has 1 aliphatic heterocycles. The van der Waals surface area contributed by atoms with E-state index < -0.39 is 0 Å². The fourth-order valence-electron chi connectivity index (χ4n) is 2.94. The van der Waals surface area contributed by atoms with Crippen LogP contribution in [0.5, 0.6) is 5.75 Å². The molecular weight excluding hydrogens is 342 g/mol. The molecule has 0 saturated heterocycles. The minimum Gasteiger partial charge on any atom is -0.493 e. The van der Waals surface area contributed by atoms with Gasteiger partial charge in [-0.05, 0) is 48.6 Å². The Kier molecular flexibility index (Phi) is 11.5. The van der Waals surface area contributed by atoms with Gasteiger partial charge in [-0.3, -0.25) is 0 Å². The monoisotopic (exact) mass is 379 g/mol. The number of ether oxygens (including phenoxy) is 1. The van der Waals surface area contributed by atoms with E-state index in [0.29, 0.717) is 5.92 Å². The molecule has 2 heteroatoms. The van der Waals surface area contributed by atoms with Crippen molar-refractivity contribution in [3.8, 4) is 5.75 Å². The van der Waals surface area contributed by atoms with Crippen molar-refractivity contribution in [2.75, 3.05) is 13.7 Å². The summed E-state index contributed by atoms with van der Waals surface area (Å²) in [4.78, 5) is 0. The molecule has 0 bridgehead atoms. The largest absolute Gasteiger partial charge is 0.493 e. The van der Waals surface area contributed by atoms with Gasteiger partial charge in [0, 0.05) is 24.2 Å². The molecule has 0 saturated carbocycles. The molecule has 0 radical (unpaired) electrons. The van der Waals surface area contributed by atoms with Crippen LogP contribution in [0.3, 0.4) is 0 Å². The van der Waals surface area contributed by atoms with E-state index in [0.717, 1.165) is 31.6 Å². The first-order valence-corrected chi connectivity index (χ1v) is 10.5. The SMILES string of the molecule is C=C=CCCC.CC.CNC1=CC=C(/C=C/c2ccc3c(c2)OCC3C)CC1. The number of rotatable bonds is 5. The van der Waals surface area contributed by atoms with E-state index >= 15 is 0 Å². The highest BCUT2D eigenvalue weighted by molar-refractivity contribution is 5.58. The summed E-state index contributed by atoms with van der Waals surface area (Å²) in [6.45, 7) is 12.6. The van der Waals surface area contributed by atoms with Crippen molar-refractivity contribution in [2.24, 2.45) is 0 Å². The third-order valence-electron chi connectivity index (χ3n) is 4.63. The molecule has 3 rings (SSSR count). The lowest BCUT2D eigenvalue weighted by molar-refractivity contribution is 0.337. The second kappa shape index (κ2) is 13.7. The Labute approximate surface area is 172 Å². The fourth-order valence-corrected chi connectivity index (χ4v) is 2.94. The zero-order chi connectivity index (χ0) is 20.8. The van der Waals surface area contributed by atoms with Gasteiger partial charge in [0.2, 0.25) is 0 Å². The minimum atomic E-state index is 0.522. The van der Waals surface area contributed by atoms with Crippen molar-refractivity contribution in [1.29, 1.82) is 0 Å². The predicted molar refractivity (Wildman–Crippen MR) is 124 cm³/mol. The Balaban J connectivity index is 0.000000422. The maximum atomic E-state index is 5.71. The van der Waals surface area contributed by atoms with E-state index in [-0.39, 0.29) is 0 Å². The standard InChI is InChI=1S/C18H21NO.C6H10.C2H6/c1-13-12-20-18-11-15(7-10-17(13)18)4-3-14-5-8-16(19-2)9-6-14;1-3-5-6-4-2;1-2/h3-5,7-8,10-11,13,19H,6,9,12H2,1-2H3;5H,1,4,6H2,2H3;1-2H3/b4-3+;;. The highest BCUT2D eigenvalue weighted by Gasteiger charge is 2.19. The molecule has 1 unspecified atom stereocenters. The van der Waals surface area contributed by atoms with Gasteiger partial charge >= 0.3 is 0 Å². The molecule has 1 aliphatic carbocycles. The first kappa shape index (κ1) is 23.6. The lowest BCUT2D eigenvalue weighted by Crippen LogP contribution is -2.07. The lowest BCUT2D eigenvalue weighted by Gasteiger charge is -2.11. The summed E-state index contributed by atoms with van der Waals surface area (Å²) in [5.74, 6) is 1.57. The fraction of sp³-hybridized carbons (Fsp3) is 0.423. The first-order valence-electron chi connectivity index (χ1n) is 10.5. The normalized spacial score (nSPS) is 16.8. The third-order valence-corrected chi connectivity index (χ3v) is 4.63. The van der Waals surface area contributed by atoms with Gasteiger partial charge in [-0.1, -0.05) is 71.1 Å². The van der Waals surface area contributed by atoms with Crippen molar-refractivity contribution in [2.45, 2.75) is 59.3 Å². The van der Waals surface area contributed by atoms with E-state index in [9.17, 15) is 0 Å². The van der Waals surface area contributed by atoms with E-state index in [1.54, 1.807) is 0 Å². The molecule has 2 aliphatic rings. The van der Waals surface area contributed by atoms with Gasteiger partial charge in [0.1, 0.15) is 5.75 Å². The van der Waals surface area contributed by atoms with Crippen LogP contribution < -0.4 is 10.1 Å². The Morgan fingerprint density at radius 3 is 2.57 bits per heavy atom. The smallest absolute Gasteiger partial charge is 0.123 e. The molecule has 1 aromatic carbocycles. The number of nitrogens with one attached hydrogen (secondary N) is 1. The van der Waals surface area contributed by atoms with Crippen molar-refractivity contribution in [3.05, 3.63) is 77.2 Å². The zero-order valence-corrected chi connectivity index (χ0v) is 18.3. The Morgan fingerprint density at radius 2 is 2.00 bits per heavy atom. The summed E-state index contributed by atoms with van der Waals surface area (Å²) in [6, 6.07) is 6.52. The highest BCUT2D eigenvalue weighted by Crippen LogP contribution is 2.34. The number of hydrogen-bond acceptors (Lipinski definition) is 2. The van der Waals surface area contributed by atoms with Crippen LogP contribution in [-0.4, -0.2) is 13.7 Å². The van der Waals surface area contributed by atoms with Gasteiger partial charge in [-0.25, -0.2) is 0 Å². The van der Waals surface area contributed by atoms with Crippen molar-refractivity contribution in [1.82, 2.24) is 5.32 Å². The summed E-state index contributed by atoms with van der Waals surface area (Å²) < 4.78 is 5.71. The zero-order valence-electron chi connectivity index (χ0n) is 18.3. The van der Waals surface area contributed by atoms with E-state index in [1.165, 1.54) is 28.8 Å². The number of benzene rings is 1. The van der Waals surface area contributed by atoms with Gasteiger partial charge in [-0.15, -0.1) is 5.73 Å². The molecule has 0 spiro atoms. The molecule has 0 aromatic heterocycles. The summed E-state index contributed by atoms with van der Waals surface area (Å²) in [5, 5.41) is 3.21. The topological polar surface area (TPSA) is 21.3 Å². The quantitative estimate of drug-likeness (QED) is 0.547. The summed E-state index contributed by atoms with van der Waals surface area (Å²) in [7, 11) is 1.98. The van der Waals surface area contributed by atoms with Gasteiger partial charge in [0.25, 0.3) is 0 Å². The molecule has 1 atom stereocenters. The molecule has 1 heterocycles.